The molecule has 0 saturated heterocycles. The van der Waals surface area contributed by atoms with Crippen molar-refractivity contribution in [1.82, 2.24) is 0 Å². The maximum Gasteiger partial charge on any atom is 0.143 e. The Labute approximate surface area is 168 Å². The number of aromatic hydroxyl groups is 1. The standard InChI is InChI=1S/C22H19Cl2NO2/c1-15(25-14-16-12-19(23)13-20(24)21(16)26)22(27,17-8-4-2-5-9-17)18-10-6-3-7-11-18/h2-15,26-27H,1H3. The van der Waals surface area contributed by atoms with Gasteiger partial charge in [-0.2, -0.15) is 0 Å². The molecule has 0 radical (unpaired) electrons. The van der Waals surface area contributed by atoms with E-state index in [1.54, 1.807) is 6.07 Å². The molecule has 138 valence electrons. The Kier molecular flexibility index (Phi) is 5.85. The summed E-state index contributed by atoms with van der Waals surface area (Å²) in [5.74, 6) is -0.0972. The minimum absolute atomic E-state index is 0.0972. The molecule has 27 heavy (non-hydrogen) atoms. The lowest BCUT2D eigenvalue weighted by Crippen LogP contribution is -2.38. The third-order valence-corrected chi connectivity index (χ3v) is 5.03. The van der Waals surface area contributed by atoms with Crippen LogP contribution in [0.25, 0.3) is 0 Å². The minimum Gasteiger partial charge on any atom is -0.506 e. The lowest BCUT2D eigenvalue weighted by atomic mass is 9.81. The van der Waals surface area contributed by atoms with E-state index in [1.165, 1.54) is 12.3 Å². The first-order valence-electron chi connectivity index (χ1n) is 8.47. The molecule has 0 aromatic heterocycles. The first kappa shape index (κ1) is 19.4. The predicted molar refractivity (Wildman–Crippen MR) is 111 cm³/mol. The fourth-order valence-corrected chi connectivity index (χ4v) is 3.53. The van der Waals surface area contributed by atoms with Crippen molar-refractivity contribution in [2.75, 3.05) is 0 Å². The average Bonchev–Trinajstić information content (AvgIpc) is 2.70. The molecule has 3 aromatic rings. The van der Waals surface area contributed by atoms with Crippen molar-refractivity contribution in [2.24, 2.45) is 4.99 Å². The van der Waals surface area contributed by atoms with Crippen molar-refractivity contribution in [1.29, 1.82) is 0 Å². The van der Waals surface area contributed by atoms with E-state index >= 15 is 0 Å². The van der Waals surface area contributed by atoms with Crippen molar-refractivity contribution >= 4 is 29.4 Å². The van der Waals surface area contributed by atoms with Gasteiger partial charge in [0.15, 0.2) is 0 Å². The molecule has 1 unspecified atom stereocenters. The minimum atomic E-state index is -1.34. The molecule has 0 saturated carbocycles. The van der Waals surface area contributed by atoms with Gasteiger partial charge in [-0.1, -0.05) is 83.9 Å². The van der Waals surface area contributed by atoms with Crippen molar-refractivity contribution in [3.8, 4) is 5.75 Å². The number of phenols is 1. The lowest BCUT2D eigenvalue weighted by molar-refractivity contribution is 0.0589. The summed E-state index contributed by atoms with van der Waals surface area (Å²) >= 11 is 12.0. The van der Waals surface area contributed by atoms with Crippen LogP contribution in [0.1, 0.15) is 23.6 Å². The van der Waals surface area contributed by atoms with Crippen LogP contribution >= 0.6 is 23.2 Å². The van der Waals surface area contributed by atoms with Gasteiger partial charge in [-0.3, -0.25) is 4.99 Å². The van der Waals surface area contributed by atoms with Crippen molar-refractivity contribution in [2.45, 2.75) is 18.6 Å². The van der Waals surface area contributed by atoms with Crippen LogP contribution in [0.5, 0.6) is 5.75 Å². The molecule has 3 rings (SSSR count). The summed E-state index contributed by atoms with van der Waals surface area (Å²) in [7, 11) is 0. The summed E-state index contributed by atoms with van der Waals surface area (Å²) in [6.07, 6.45) is 1.48. The molecule has 0 fully saturated rings. The van der Waals surface area contributed by atoms with Gasteiger partial charge in [0.1, 0.15) is 11.4 Å². The molecule has 0 bridgehead atoms. The van der Waals surface area contributed by atoms with Crippen LogP contribution in [-0.2, 0) is 5.60 Å². The van der Waals surface area contributed by atoms with E-state index in [1.807, 2.05) is 67.6 Å². The highest BCUT2D eigenvalue weighted by atomic mass is 35.5. The van der Waals surface area contributed by atoms with Gasteiger partial charge in [-0.25, -0.2) is 0 Å². The van der Waals surface area contributed by atoms with Crippen LogP contribution in [0.2, 0.25) is 10.0 Å². The number of phenolic OH excluding ortho intramolecular Hbond substituents is 1. The van der Waals surface area contributed by atoms with Crippen LogP contribution in [0.3, 0.4) is 0 Å². The Hall–Kier alpha value is -2.33. The SMILES string of the molecule is CC(N=Cc1cc(Cl)cc(Cl)c1O)C(O)(c1ccccc1)c1ccccc1. The maximum atomic E-state index is 11.7. The number of hydrogen-bond acceptors (Lipinski definition) is 3. The monoisotopic (exact) mass is 399 g/mol. The van der Waals surface area contributed by atoms with Crippen molar-refractivity contribution in [3.63, 3.8) is 0 Å². The zero-order valence-electron chi connectivity index (χ0n) is 14.7. The molecule has 3 nitrogen and oxygen atoms in total. The summed E-state index contributed by atoms with van der Waals surface area (Å²) in [5, 5.41) is 22.3. The molecule has 0 aliphatic heterocycles. The van der Waals surface area contributed by atoms with E-state index in [4.69, 9.17) is 23.2 Å². The van der Waals surface area contributed by atoms with Gasteiger partial charge in [-0.05, 0) is 30.2 Å². The van der Waals surface area contributed by atoms with Gasteiger partial charge in [0.05, 0.1) is 11.1 Å². The second-order valence-electron chi connectivity index (χ2n) is 6.28. The van der Waals surface area contributed by atoms with Gasteiger partial charge in [0.2, 0.25) is 0 Å². The zero-order valence-corrected chi connectivity index (χ0v) is 16.2. The quantitative estimate of drug-likeness (QED) is 0.560. The molecule has 3 aromatic carbocycles. The first-order valence-corrected chi connectivity index (χ1v) is 9.23. The molecular weight excluding hydrogens is 381 g/mol. The predicted octanol–water partition coefficient (Wildman–Crippen LogP) is 5.44. The normalized spacial score (nSPS) is 13.0. The molecule has 0 spiro atoms. The average molecular weight is 400 g/mol. The number of nitrogens with zero attached hydrogens (tertiary/aromatic N) is 1. The van der Waals surface area contributed by atoms with Gasteiger partial charge in [0, 0.05) is 16.8 Å². The third-order valence-electron chi connectivity index (χ3n) is 4.53. The zero-order chi connectivity index (χ0) is 19.4. The fraction of sp³-hybridized carbons (Fsp3) is 0.136. The van der Waals surface area contributed by atoms with Crippen LogP contribution in [0, 0.1) is 0 Å². The highest BCUT2D eigenvalue weighted by molar-refractivity contribution is 6.36. The Morgan fingerprint density at radius 3 is 1.96 bits per heavy atom. The third kappa shape index (κ3) is 4.01. The highest BCUT2D eigenvalue weighted by Crippen LogP contribution is 2.35. The maximum absolute atomic E-state index is 11.7. The molecule has 0 heterocycles. The van der Waals surface area contributed by atoms with E-state index in [2.05, 4.69) is 4.99 Å². The molecule has 2 N–H and O–H groups in total. The first-order chi connectivity index (χ1) is 12.9. The number of benzene rings is 3. The molecule has 1 atom stereocenters. The van der Waals surface area contributed by atoms with Gasteiger partial charge >= 0.3 is 0 Å². The van der Waals surface area contributed by atoms with Crippen molar-refractivity contribution in [3.05, 3.63) is 99.5 Å². The Bertz CT molecular complexity index is 904. The number of halogens is 2. The molecule has 0 amide bonds. The summed E-state index contributed by atoms with van der Waals surface area (Å²) in [4.78, 5) is 4.51. The van der Waals surface area contributed by atoms with Crippen LogP contribution in [-0.4, -0.2) is 22.5 Å². The second kappa shape index (κ2) is 8.13. The Morgan fingerprint density at radius 1 is 0.926 bits per heavy atom. The Balaban J connectivity index is 2.04. The molecule has 0 aliphatic rings. The smallest absolute Gasteiger partial charge is 0.143 e. The van der Waals surface area contributed by atoms with Crippen LogP contribution < -0.4 is 0 Å². The van der Waals surface area contributed by atoms with Gasteiger partial charge < -0.3 is 10.2 Å². The fourth-order valence-electron chi connectivity index (χ4n) is 3.02. The summed E-state index contributed by atoms with van der Waals surface area (Å²) in [6, 6.07) is 21.3. The van der Waals surface area contributed by atoms with Gasteiger partial charge in [-0.15, -0.1) is 0 Å². The molecule has 5 heteroatoms. The van der Waals surface area contributed by atoms with E-state index in [9.17, 15) is 10.2 Å². The summed E-state index contributed by atoms with van der Waals surface area (Å²) in [6.45, 7) is 1.82. The number of aliphatic hydroxyl groups is 1. The van der Waals surface area contributed by atoms with Crippen molar-refractivity contribution < 1.29 is 10.2 Å². The number of rotatable bonds is 5. The lowest BCUT2D eigenvalue weighted by Gasteiger charge is -2.33. The second-order valence-corrected chi connectivity index (χ2v) is 7.12. The highest BCUT2D eigenvalue weighted by Gasteiger charge is 2.37. The van der Waals surface area contributed by atoms with E-state index < -0.39 is 11.6 Å². The van der Waals surface area contributed by atoms with E-state index in [-0.39, 0.29) is 10.8 Å². The van der Waals surface area contributed by atoms with E-state index in [0.29, 0.717) is 10.6 Å². The molecular formula is C22H19Cl2NO2. The van der Waals surface area contributed by atoms with Gasteiger partial charge in [0.25, 0.3) is 0 Å². The van der Waals surface area contributed by atoms with Crippen LogP contribution in [0.4, 0.5) is 0 Å². The Morgan fingerprint density at radius 2 is 1.44 bits per heavy atom. The summed E-state index contributed by atoms with van der Waals surface area (Å²) in [5.41, 5.74) is 0.517. The molecule has 0 aliphatic carbocycles. The van der Waals surface area contributed by atoms with Crippen LogP contribution in [0.15, 0.2) is 77.8 Å². The topological polar surface area (TPSA) is 52.8 Å². The van der Waals surface area contributed by atoms with E-state index in [0.717, 1.165) is 11.1 Å². The number of aliphatic imine (C=N–C) groups is 1. The largest absolute Gasteiger partial charge is 0.506 e. The summed E-state index contributed by atoms with van der Waals surface area (Å²) < 4.78 is 0. The number of hydrogen-bond donors (Lipinski definition) is 2.